The summed E-state index contributed by atoms with van der Waals surface area (Å²) < 4.78 is 5.34. The summed E-state index contributed by atoms with van der Waals surface area (Å²) in [4.78, 5) is 23.4. The van der Waals surface area contributed by atoms with Gasteiger partial charge in [-0.25, -0.2) is 0 Å². The topological polar surface area (TPSA) is 72.6 Å². The molecule has 0 aliphatic carbocycles. The maximum absolute atomic E-state index is 11.8. The highest BCUT2D eigenvalue weighted by molar-refractivity contribution is 5.69. The van der Waals surface area contributed by atoms with Gasteiger partial charge in [0.05, 0.1) is 6.04 Å². The van der Waals surface area contributed by atoms with Crippen molar-refractivity contribution in [3.63, 3.8) is 0 Å². The number of esters is 1. The van der Waals surface area contributed by atoms with Crippen molar-refractivity contribution in [1.82, 2.24) is 4.90 Å². The Labute approximate surface area is 145 Å². The predicted molar refractivity (Wildman–Crippen MR) is 95.0 cm³/mol. The lowest BCUT2D eigenvalue weighted by atomic mass is 9.89. The number of carbonyl (C=O) groups is 1. The van der Waals surface area contributed by atoms with E-state index in [2.05, 4.69) is 18.9 Å². The van der Waals surface area contributed by atoms with Crippen LogP contribution in [-0.4, -0.2) is 42.8 Å². The number of hydrogen-bond acceptors (Lipinski definition) is 5. The molecule has 24 heavy (non-hydrogen) atoms. The molecule has 5 nitrogen and oxygen atoms in total. The first-order valence-electron chi connectivity index (χ1n) is 8.45. The molecule has 0 bridgehead atoms. The van der Waals surface area contributed by atoms with E-state index in [-0.39, 0.29) is 5.97 Å². The van der Waals surface area contributed by atoms with Crippen LogP contribution in [0.4, 0.5) is 0 Å². The van der Waals surface area contributed by atoms with Crippen LogP contribution in [0.3, 0.4) is 0 Å². The van der Waals surface area contributed by atoms with Crippen LogP contribution in [0.15, 0.2) is 30.3 Å². The maximum atomic E-state index is 11.8. The molecular formula is C19H29N2O3. The van der Waals surface area contributed by atoms with E-state index in [0.717, 1.165) is 24.9 Å². The van der Waals surface area contributed by atoms with Crippen molar-refractivity contribution >= 4 is 12.3 Å². The number of nitrogens with zero attached hydrogens (tertiary/aromatic N) is 1. The van der Waals surface area contributed by atoms with Crippen LogP contribution in [0.5, 0.6) is 0 Å². The average molecular weight is 333 g/mol. The summed E-state index contributed by atoms with van der Waals surface area (Å²) in [7, 11) is 2.15. The normalized spacial score (nSPS) is 22.0. The number of ether oxygens (including phenoxy) is 1. The van der Waals surface area contributed by atoms with E-state index in [1.807, 2.05) is 30.3 Å². The molecule has 3 unspecified atom stereocenters. The van der Waals surface area contributed by atoms with E-state index in [1.54, 1.807) is 13.2 Å². The maximum Gasteiger partial charge on any atom is 0.306 e. The number of hydrogen-bond donors (Lipinski definition) is 1. The Morgan fingerprint density at radius 1 is 1.42 bits per heavy atom. The summed E-state index contributed by atoms with van der Waals surface area (Å²) in [6.45, 7) is 5.27. The van der Waals surface area contributed by atoms with Crippen molar-refractivity contribution in [2.24, 2.45) is 11.7 Å². The minimum atomic E-state index is -0.421. The molecule has 1 saturated heterocycles. The third-order valence-corrected chi connectivity index (χ3v) is 4.20. The molecule has 3 atom stereocenters. The van der Waals surface area contributed by atoms with E-state index >= 15 is 0 Å². The second-order valence-electron chi connectivity index (χ2n) is 6.48. The van der Waals surface area contributed by atoms with Gasteiger partial charge in [-0.1, -0.05) is 30.3 Å². The van der Waals surface area contributed by atoms with Crippen molar-refractivity contribution in [3.05, 3.63) is 35.9 Å². The van der Waals surface area contributed by atoms with E-state index in [1.165, 1.54) is 0 Å². The van der Waals surface area contributed by atoms with Crippen LogP contribution in [0, 0.1) is 5.92 Å². The monoisotopic (exact) mass is 333 g/mol. The van der Waals surface area contributed by atoms with Gasteiger partial charge < -0.3 is 15.4 Å². The Morgan fingerprint density at radius 2 is 2.04 bits per heavy atom. The van der Waals surface area contributed by atoms with Crippen molar-refractivity contribution in [1.29, 1.82) is 0 Å². The minimum absolute atomic E-state index is 0.0643. The Morgan fingerprint density at radius 3 is 2.58 bits per heavy atom. The van der Waals surface area contributed by atoms with Gasteiger partial charge in [-0.2, -0.15) is 0 Å². The first kappa shape index (κ1) is 20.3. The Bertz CT molecular complexity index is 491. The van der Waals surface area contributed by atoms with Gasteiger partial charge in [-0.3, -0.25) is 9.59 Å². The third-order valence-electron chi connectivity index (χ3n) is 4.20. The molecule has 0 spiro atoms. The lowest BCUT2D eigenvalue weighted by Gasteiger charge is -2.34. The van der Waals surface area contributed by atoms with Crippen molar-refractivity contribution < 1.29 is 14.3 Å². The molecule has 0 amide bonds. The number of rotatable bonds is 5. The summed E-state index contributed by atoms with van der Waals surface area (Å²) in [5.41, 5.74) is 5.92. The number of piperidine rings is 1. The number of carbonyl (C=O) groups excluding carboxylic acids is 2. The lowest BCUT2D eigenvalue weighted by molar-refractivity contribution is -0.146. The van der Waals surface area contributed by atoms with Crippen LogP contribution in [0.25, 0.3) is 0 Å². The molecule has 2 rings (SSSR count). The highest BCUT2D eigenvalue weighted by Gasteiger charge is 2.24. The summed E-state index contributed by atoms with van der Waals surface area (Å²) in [5.74, 6) is 0.417. The third kappa shape index (κ3) is 8.22. The Hall–Kier alpha value is -1.72. The smallest absolute Gasteiger partial charge is 0.306 e. The van der Waals surface area contributed by atoms with E-state index in [9.17, 15) is 9.59 Å². The fraction of sp³-hybridized carbons (Fsp3) is 0.579. The van der Waals surface area contributed by atoms with Crippen LogP contribution < -0.4 is 5.73 Å². The fourth-order valence-corrected chi connectivity index (χ4v) is 2.60. The van der Waals surface area contributed by atoms with Gasteiger partial charge in [0.15, 0.2) is 0 Å². The molecule has 133 valence electrons. The second-order valence-corrected chi connectivity index (χ2v) is 6.48. The number of benzene rings is 1. The molecule has 1 aromatic rings. The van der Waals surface area contributed by atoms with Gasteiger partial charge in [0.25, 0.3) is 0 Å². The molecule has 1 radical (unpaired) electrons. The zero-order valence-electron chi connectivity index (χ0n) is 14.9. The Balaban J connectivity index is 0.000000505. The molecular weight excluding hydrogens is 304 g/mol. The highest BCUT2D eigenvalue weighted by atomic mass is 16.5. The largest absolute Gasteiger partial charge is 0.461 e. The standard InChI is InChI=1S/C16H23NO2.C3H6NO/c1-13-10-15(8-9-17(13)2)11-16(18)19-12-14-6-4-3-5-7-14;1-3(4)2-5/h3-7,13,15H,8-12H2,1-2H3;3H,4H2,1H3. The predicted octanol–water partition coefficient (Wildman–Crippen LogP) is 2.29. The van der Waals surface area contributed by atoms with Gasteiger partial charge in [0.2, 0.25) is 6.29 Å². The lowest BCUT2D eigenvalue weighted by Crippen LogP contribution is -2.38. The molecule has 1 fully saturated rings. The van der Waals surface area contributed by atoms with Gasteiger partial charge >= 0.3 is 5.97 Å². The minimum Gasteiger partial charge on any atom is -0.461 e. The molecule has 2 N–H and O–H groups in total. The number of likely N-dealkylation sites (tertiary alicyclic amines) is 1. The first-order chi connectivity index (χ1) is 11.4. The fourth-order valence-electron chi connectivity index (χ4n) is 2.60. The SMILES string of the molecule is CC(N)[C]=O.CC1CC(CC(=O)OCc2ccccc2)CCN1C. The van der Waals surface area contributed by atoms with Gasteiger partial charge in [0.1, 0.15) is 6.61 Å². The van der Waals surface area contributed by atoms with E-state index < -0.39 is 6.04 Å². The van der Waals surface area contributed by atoms with Crippen LogP contribution in [0.2, 0.25) is 0 Å². The quantitative estimate of drug-likeness (QED) is 0.837. The molecule has 0 saturated carbocycles. The number of nitrogens with two attached hydrogens (primary N) is 1. The van der Waals surface area contributed by atoms with Crippen LogP contribution in [0.1, 0.15) is 38.7 Å². The zero-order chi connectivity index (χ0) is 17.9. The summed E-state index contributed by atoms with van der Waals surface area (Å²) in [6.07, 6.45) is 4.31. The summed E-state index contributed by atoms with van der Waals surface area (Å²) in [5, 5.41) is 0. The van der Waals surface area contributed by atoms with E-state index in [4.69, 9.17) is 10.5 Å². The van der Waals surface area contributed by atoms with Crippen LogP contribution >= 0.6 is 0 Å². The van der Waals surface area contributed by atoms with Crippen molar-refractivity contribution in [2.45, 2.75) is 51.8 Å². The molecule has 1 aliphatic rings. The first-order valence-corrected chi connectivity index (χ1v) is 8.45. The highest BCUT2D eigenvalue weighted by Crippen LogP contribution is 2.24. The van der Waals surface area contributed by atoms with E-state index in [0.29, 0.717) is 25.0 Å². The average Bonchev–Trinajstić information content (AvgIpc) is 2.58. The molecule has 1 aromatic carbocycles. The van der Waals surface area contributed by atoms with Crippen molar-refractivity contribution in [3.8, 4) is 0 Å². The van der Waals surface area contributed by atoms with Crippen molar-refractivity contribution in [2.75, 3.05) is 13.6 Å². The van der Waals surface area contributed by atoms with Crippen LogP contribution in [-0.2, 0) is 20.9 Å². The molecule has 1 heterocycles. The summed E-state index contributed by atoms with van der Waals surface area (Å²) in [6, 6.07) is 9.99. The Kier molecular flexibility index (Phi) is 9.27. The van der Waals surface area contributed by atoms with Gasteiger partial charge in [0, 0.05) is 12.5 Å². The molecule has 5 heteroatoms. The molecule has 1 aliphatic heterocycles. The van der Waals surface area contributed by atoms with Gasteiger partial charge in [-0.05, 0) is 51.8 Å². The second kappa shape index (κ2) is 10.9. The summed E-state index contributed by atoms with van der Waals surface area (Å²) >= 11 is 0. The van der Waals surface area contributed by atoms with Gasteiger partial charge in [-0.15, -0.1) is 0 Å². The zero-order valence-corrected chi connectivity index (χ0v) is 14.9. The molecule has 0 aromatic heterocycles.